The van der Waals surface area contributed by atoms with E-state index >= 15 is 0 Å². The minimum Gasteiger partial charge on any atom is -0.506 e. The predicted molar refractivity (Wildman–Crippen MR) is 77.8 cm³/mol. The molecule has 1 aliphatic heterocycles. The van der Waals surface area contributed by atoms with E-state index in [0.717, 1.165) is 38.8 Å². The number of phenolic OH excluding ortho intramolecular Hbond substituents is 1. The van der Waals surface area contributed by atoms with Gasteiger partial charge >= 0.3 is 0 Å². The highest BCUT2D eigenvalue weighted by atomic mass is 127. The molecule has 1 aromatic carbocycles. The largest absolute Gasteiger partial charge is 0.506 e. The van der Waals surface area contributed by atoms with Crippen LogP contribution in [-0.4, -0.2) is 18.0 Å². The van der Waals surface area contributed by atoms with Crippen LogP contribution in [0.15, 0.2) is 12.1 Å². The Morgan fingerprint density at radius 3 is 2.50 bits per heavy atom. The van der Waals surface area contributed by atoms with Crippen molar-refractivity contribution in [3.8, 4) is 11.5 Å². The van der Waals surface area contributed by atoms with Gasteiger partial charge in [0, 0.05) is 6.42 Å². The molecule has 1 fully saturated rings. The molecule has 1 unspecified atom stereocenters. The van der Waals surface area contributed by atoms with Crippen LogP contribution in [0.2, 0.25) is 0 Å². The fourth-order valence-electron chi connectivity index (χ4n) is 1.57. The second-order valence-electron chi connectivity index (χ2n) is 3.65. The average Bonchev–Trinajstić information content (AvgIpc) is 2.27. The fourth-order valence-corrected chi connectivity index (χ4v) is 3.28. The van der Waals surface area contributed by atoms with Gasteiger partial charge in [-0.15, -0.1) is 0 Å². The highest BCUT2D eigenvalue weighted by Crippen LogP contribution is 2.31. The zero-order valence-corrected chi connectivity index (χ0v) is 12.9. The summed E-state index contributed by atoms with van der Waals surface area (Å²) in [7, 11) is 0. The second-order valence-corrected chi connectivity index (χ2v) is 5.97. The van der Waals surface area contributed by atoms with E-state index in [1.54, 1.807) is 0 Å². The first-order chi connectivity index (χ1) is 7.66. The molecule has 1 N–H and O–H groups in total. The van der Waals surface area contributed by atoms with Crippen molar-refractivity contribution < 1.29 is 14.6 Å². The summed E-state index contributed by atoms with van der Waals surface area (Å²) < 4.78 is 12.8. The van der Waals surface area contributed by atoms with Gasteiger partial charge in [-0.05, 0) is 70.2 Å². The summed E-state index contributed by atoms with van der Waals surface area (Å²) in [5, 5.41) is 9.63. The van der Waals surface area contributed by atoms with Crippen LogP contribution in [0.25, 0.3) is 0 Å². The molecule has 1 atom stereocenters. The van der Waals surface area contributed by atoms with Crippen molar-refractivity contribution in [3.05, 3.63) is 19.3 Å². The van der Waals surface area contributed by atoms with Gasteiger partial charge in [0.15, 0.2) is 6.29 Å². The lowest BCUT2D eigenvalue weighted by Gasteiger charge is -2.23. The standard InChI is InChI=1S/C11H12I2O3/c12-8-5-7(6-9(13)11(8)14)16-10-3-1-2-4-15-10/h5-6,10,14H,1-4H2. The normalized spacial score (nSPS) is 20.8. The molecule has 5 heteroatoms. The van der Waals surface area contributed by atoms with Gasteiger partial charge in [0.2, 0.25) is 0 Å². The number of halogens is 2. The van der Waals surface area contributed by atoms with E-state index in [2.05, 4.69) is 45.2 Å². The molecule has 0 spiro atoms. The SMILES string of the molecule is Oc1c(I)cc(OC2CCCCO2)cc1I. The summed E-state index contributed by atoms with van der Waals surface area (Å²) >= 11 is 4.19. The van der Waals surface area contributed by atoms with Gasteiger partial charge in [0.05, 0.1) is 13.7 Å². The summed E-state index contributed by atoms with van der Waals surface area (Å²) in [6, 6.07) is 3.66. The Morgan fingerprint density at radius 2 is 1.94 bits per heavy atom. The Bertz CT molecular complexity index is 352. The monoisotopic (exact) mass is 446 g/mol. The van der Waals surface area contributed by atoms with Crippen LogP contribution < -0.4 is 4.74 Å². The van der Waals surface area contributed by atoms with Crippen LogP contribution in [0.5, 0.6) is 11.5 Å². The van der Waals surface area contributed by atoms with Gasteiger partial charge < -0.3 is 14.6 Å². The van der Waals surface area contributed by atoms with E-state index in [1.165, 1.54) is 0 Å². The van der Waals surface area contributed by atoms with Crippen LogP contribution in [-0.2, 0) is 4.74 Å². The first-order valence-electron chi connectivity index (χ1n) is 5.13. The lowest BCUT2D eigenvalue weighted by molar-refractivity contribution is -0.105. The Hall–Kier alpha value is 0.240. The number of aromatic hydroxyl groups is 1. The molecule has 2 rings (SSSR count). The van der Waals surface area contributed by atoms with Crippen LogP contribution in [0.1, 0.15) is 19.3 Å². The highest BCUT2D eigenvalue weighted by molar-refractivity contribution is 14.1. The number of rotatable bonds is 2. The first-order valence-corrected chi connectivity index (χ1v) is 7.29. The quantitative estimate of drug-likeness (QED) is 0.708. The van der Waals surface area contributed by atoms with E-state index in [-0.39, 0.29) is 6.29 Å². The third-order valence-electron chi connectivity index (χ3n) is 2.40. The summed E-state index contributed by atoms with van der Waals surface area (Å²) in [4.78, 5) is 0. The molecule has 88 valence electrons. The molecular weight excluding hydrogens is 434 g/mol. The topological polar surface area (TPSA) is 38.7 Å². The zero-order chi connectivity index (χ0) is 11.5. The second kappa shape index (κ2) is 5.72. The number of hydrogen-bond donors (Lipinski definition) is 1. The van der Waals surface area contributed by atoms with Crippen LogP contribution in [0.4, 0.5) is 0 Å². The third-order valence-corrected chi connectivity index (χ3v) is 4.04. The summed E-state index contributed by atoms with van der Waals surface area (Å²) in [6.07, 6.45) is 3.07. The Morgan fingerprint density at radius 1 is 1.25 bits per heavy atom. The molecule has 0 radical (unpaired) electrons. The highest BCUT2D eigenvalue weighted by Gasteiger charge is 2.16. The summed E-state index contributed by atoms with van der Waals surface area (Å²) in [5.41, 5.74) is 0. The minimum absolute atomic E-state index is 0.134. The molecular formula is C11H12I2O3. The maximum Gasteiger partial charge on any atom is 0.199 e. The van der Waals surface area contributed by atoms with Crippen molar-refractivity contribution in [2.45, 2.75) is 25.6 Å². The number of hydrogen-bond acceptors (Lipinski definition) is 3. The van der Waals surface area contributed by atoms with E-state index in [4.69, 9.17) is 9.47 Å². The van der Waals surface area contributed by atoms with Gasteiger partial charge in [-0.1, -0.05) is 0 Å². The molecule has 0 bridgehead atoms. The molecule has 3 nitrogen and oxygen atoms in total. The fraction of sp³-hybridized carbons (Fsp3) is 0.455. The molecule has 0 aliphatic carbocycles. The average molecular weight is 446 g/mol. The smallest absolute Gasteiger partial charge is 0.199 e. The lowest BCUT2D eigenvalue weighted by atomic mass is 10.2. The minimum atomic E-state index is -0.134. The van der Waals surface area contributed by atoms with Crippen molar-refractivity contribution in [2.75, 3.05) is 6.61 Å². The van der Waals surface area contributed by atoms with Crippen molar-refractivity contribution in [2.24, 2.45) is 0 Å². The lowest BCUT2D eigenvalue weighted by Crippen LogP contribution is -2.25. The zero-order valence-electron chi connectivity index (χ0n) is 8.58. The van der Waals surface area contributed by atoms with Gasteiger partial charge in [-0.3, -0.25) is 0 Å². The Kier molecular flexibility index (Phi) is 4.54. The molecule has 0 saturated carbocycles. The van der Waals surface area contributed by atoms with Gasteiger partial charge in [0.25, 0.3) is 0 Å². The van der Waals surface area contributed by atoms with Gasteiger partial charge in [-0.2, -0.15) is 0 Å². The van der Waals surface area contributed by atoms with Gasteiger partial charge in [0.1, 0.15) is 11.5 Å². The molecule has 1 aliphatic rings. The Labute approximate surface area is 122 Å². The number of ether oxygens (including phenoxy) is 2. The third kappa shape index (κ3) is 3.13. The van der Waals surface area contributed by atoms with E-state index in [0.29, 0.717) is 5.75 Å². The number of phenols is 1. The number of benzene rings is 1. The molecule has 0 aromatic heterocycles. The van der Waals surface area contributed by atoms with E-state index in [9.17, 15) is 5.11 Å². The molecule has 1 heterocycles. The van der Waals surface area contributed by atoms with Crippen LogP contribution >= 0.6 is 45.2 Å². The molecule has 1 aromatic rings. The molecule has 16 heavy (non-hydrogen) atoms. The summed E-state index contributed by atoms with van der Waals surface area (Å²) in [5.74, 6) is 1.08. The molecule has 0 amide bonds. The summed E-state index contributed by atoms with van der Waals surface area (Å²) in [6.45, 7) is 0.775. The van der Waals surface area contributed by atoms with Crippen molar-refractivity contribution >= 4 is 45.2 Å². The van der Waals surface area contributed by atoms with Crippen LogP contribution in [0.3, 0.4) is 0 Å². The maximum atomic E-state index is 9.63. The molecule has 1 saturated heterocycles. The Balaban J connectivity index is 2.09. The van der Waals surface area contributed by atoms with Crippen LogP contribution in [0, 0.1) is 7.14 Å². The predicted octanol–water partition coefficient (Wildman–Crippen LogP) is 3.51. The first kappa shape index (κ1) is 12.7. The van der Waals surface area contributed by atoms with Crippen molar-refractivity contribution in [1.29, 1.82) is 0 Å². The van der Waals surface area contributed by atoms with E-state index in [1.807, 2.05) is 12.1 Å². The van der Waals surface area contributed by atoms with Gasteiger partial charge in [-0.25, -0.2) is 0 Å². The van der Waals surface area contributed by atoms with E-state index < -0.39 is 0 Å². The van der Waals surface area contributed by atoms with Crippen molar-refractivity contribution in [3.63, 3.8) is 0 Å². The maximum absolute atomic E-state index is 9.63. The van der Waals surface area contributed by atoms with Crippen molar-refractivity contribution in [1.82, 2.24) is 0 Å².